The number of nitrogens with two attached hydrogens (primary N) is 1. The van der Waals surface area contributed by atoms with Gasteiger partial charge in [-0.15, -0.1) is 22.6 Å². The minimum Gasteiger partial charge on any atom is -0.494 e. The maximum atomic E-state index is 15.2. The van der Waals surface area contributed by atoms with Gasteiger partial charge in [0.25, 0.3) is 5.91 Å². The number of halogens is 3. The van der Waals surface area contributed by atoms with Crippen molar-refractivity contribution < 1.29 is 42.4 Å². The average Bonchev–Trinajstić information content (AvgIpc) is 4.29. The number of carboxylic acid groups (broad SMARTS) is 1. The summed E-state index contributed by atoms with van der Waals surface area (Å²) in [5.41, 5.74) is 18.1. The average molecular weight is 1060 g/mol. The standard InChI is InChI=1S/C27H29FN6O3.C16H18N2O3.C11H13FN4O.ClH/c1-17-13-34(32-30-17)24-9-10-25(37-3)26(28)21(24)12-29-27(35)22-15-33(31-23(22)16-36-2)14-18-7-8-19-5-4-6-20(19)11-18;1-21-10-15-14(16(19)20)9-18(17-15)8-11-5-6-12-3-2-4-13(12)7-11;1-7-6-16(15-14-7)9-3-4-10(17-2)11(12)8(9)5-13;/h7-11,13,15H,4-6,12,14,16H2,1-3H3,(H,29,35);5-7,9H,2-4,8,10H2,1H3,(H,19,20);3-4,6H,5,13H2,1-2H3;1H. The quantitative estimate of drug-likeness (QED) is 0.0808. The van der Waals surface area contributed by atoms with E-state index in [1.165, 1.54) is 78.3 Å². The third-order valence-corrected chi connectivity index (χ3v) is 12.9. The first-order valence-corrected chi connectivity index (χ1v) is 24.3. The summed E-state index contributed by atoms with van der Waals surface area (Å²) in [7, 11) is 5.90. The Kier molecular flexibility index (Phi) is 18.8. The van der Waals surface area contributed by atoms with E-state index in [1.54, 1.807) is 66.4 Å². The molecule has 0 spiro atoms. The van der Waals surface area contributed by atoms with Crippen LogP contribution in [0.2, 0.25) is 0 Å². The van der Waals surface area contributed by atoms with E-state index >= 15 is 4.39 Å². The Balaban J connectivity index is 0.000000182. The number of hydrogen-bond acceptors (Lipinski definition) is 13. The first kappa shape index (κ1) is 55.9. The van der Waals surface area contributed by atoms with Crippen LogP contribution in [0.4, 0.5) is 8.78 Å². The highest BCUT2D eigenvalue weighted by molar-refractivity contribution is 5.95. The molecular formula is C54H61ClF2N12O7. The Hall–Kier alpha value is -7.85. The number of ether oxygens (including phenoxy) is 4. The molecular weight excluding hydrogens is 1000 g/mol. The Bertz CT molecular complexity index is 3320. The van der Waals surface area contributed by atoms with Gasteiger partial charge in [-0.05, 0) is 110 Å². The molecule has 4 N–H and O–H groups in total. The molecule has 22 heteroatoms. The zero-order valence-corrected chi connectivity index (χ0v) is 44.0. The summed E-state index contributed by atoms with van der Waals surface area (Å²) in [6.07, 6.45) is 13.6. The van der Waals surface area contributed by atoms with Crippen molar-refractivity contribution >= 4 is 24.3 Å². The molecule has 0 saturated carbocycles. The van der Waals surface area contributed by atoms with E-state index in [0.29, 0.717) is 52.7 Å². The van der Waals surface area contributed by atoms with Gasteiger partial charge in [-0.2, -0.15) is 10.2 Å². The molecule has 0 atom stereocenters. The van der Waals surface area contributed by atoms with E-state index in [4.69, 9.17) is 24.7 Å². The van der Waals surface area contributed by atoms with Gasteiger partial charge < -0.3 is 35.1 Å². The molecule has 2 aliphatic carbocycles. The molecule has 4 aromatic heterocycles. The Morgan fingerprint density at radius 1 is 0.645 bits per heavy atom. The summed E-state index contributed by atoms with van der Waals surface area (Å²) < 4.78 is 55.9. The number of fused-ring (bicyclic) bond motifs is 2. The summed E-state index contributed by atoms with van der Waals surface area (Å²) in [5, 5.41) is 36.7. The van der Waals surface area contributed by atoms with E-state index in [9.17, 15) is 19.1 Å². The molecule has 0 aliphatic heterocycles. The van der Waals surface area contributed by atoms with Gasteiger partial charge in [0.1, 0.15) is 17.0 Å². The molecule has 2 aliphatic rings. The largest absolute Gasteiger partial charge is 0.494 e. The second-order valence-electron chi connectivity index (χ2n) is 18.1. The Labute approximate surface area is 444 Å². The Morgan fingerprint density at radius 2 is 1.11 bits per heavy atom. The number of benzene rings is 4. The van der Waals surface area contributed by atoms with Crippen molar-refractivity contribution in [3.05, 3.63) is 175 Å². The molecule has 10 rings (SSSR count). The number of nitrogens with one attached hydrogen (secondary N) is 1. The molecule has 0 radical (unpaired) electrons. The van der Waals surface area contributed by atoms with E-state index < -0.39 is 17.6 Å². The third-order valence-electron chi connectivity index (χ3n) is 12.9. The zero-order chi connectivity index (χ0) is 53.2. The number of aromatic carboxylic acids is 1. The van der Waals surface area contributed by atoms with Gasteiger partial charge in [0.05, 0.1) is 81.2 Å². The van der Waals surface area contributed by atoms with Gasteiger partial charge in [0.15, 0.2) is 23.1 Å². The topological polar surface area (TPSA) is 226 Å². The molecule has 0 unspecified atom stereocenters. The van der Waals surface area contributed by atoms with E-state index in [2.05, 4.69) is 72.5 Å². The fraction of sp³-hybridized carbons (Fsp3) is 0.333. The lowest BCUT2D eigenvalue weighted by Gasteiger charge is -2.14. The van der Waals surface area contributed by atoms with Gasteiger partial charge in [-0.3, -0.25) is 14.2 Å². The lowest BCUT2D eigenvalue weighted by Crippen LogP contribution is -2.25. The first-order valence-electron chi connectivity index (χ1n) is 24.3. The molecule has 400 valence electrons. The molecule has 19 nitrogen and oxygen atoms in total. The van der Waals surface area contributed by atoms with Crippen LogP contribution in [-0.4, -0.2) is 95.0 Å². The van der Waals surface area contributed by atoms with Crippen molar-refractivity contribution in [2.24, 2.45) is 5.73 Å². The molecule has 4 aromatic carbocycles. The van der Waals surface area contributed by atoms with Crippen molar-refractivity contribution in [2.45, 2.75) is 91.8 Å². The molecule has 0 saturated heterocycles. The second-order valence-corrected chi connectivity index (χ2v) is 18.1. The predicted molar refractivity (Wildman–Crippen MR) is 279 cm³/mol. The number of carbonyl (C=O) groups is 2. The minimum atomic E-state index is -0.970. The van der Waals surface area contributed by atoms with E-state index in [0.717, 1.165) is 36.1 Å². The van der Waals surface area contributed by atoms with Gasteiger partial charge in [-0.25, -0.2) is 22.9 Å². The van der Waals surface area contributed by atoms with Crippen molar-refractivity contribution in [3.8, 4) is 22.9 Å². The third kappa shape index (κ3) is 13.0. The molecule has 4 heterocycles. The van der Waals surface area contributed by atoms with Crippen LogP contribution in [0.15, 0.2) is 85.5 Å². The van der Waals surface area contributed by atoms with Crippen molar-refractivity contribution in [1.29, 1.82) is 0 Å². The maximum Gasteiger partial charge on any atom is 0.339 e. The summed E-state index contributed by atoms with van der Waals surface area (Å²) in [4.78, 5) is 24.4. The highest BCUT2D eigenvalue weighted by Gasteiger charge is 2.22. The summed E-state index contributed by atoms with van der Waals surface area (Å²) >= 11 is 0. The van der Waals surface area contributed by atoms with Crippen LogP contribution < -0.4 is 20.5 Å². The number of carboxylic acids is 1. The summed E-state index contributed by atoms with van der Waals surface area (Å²) in [5.74, 6) is -2.13. The van der Waals surface area contributed by atoms with Crippen molar-refractivity contribution in [3.63, 3.8) is 0 Å². The second kappa shape index (κ2) is 25.6. The number of aromatic nitrogens is 10. The molecule has 0 bridgehead atoms. The van der Waals surface area contributed by atoms with Gasteiger partial charge in [0.2, 0.25) is 0 Å². The molecule has 1 amide bonds. The monoisotopic (exact) mass is 1060 g/mol. The lowest BCUT2D eigenvalue weighted by molar-refractivity contribution is 0.0691. The fourth-order valence-electron chi connectivity index (χ4n) is 9.24. The Morgan fingerprint density at radius 3 is 1.55 bits per heavy atom. The van der Waals surface area contributed by atoms with Gasteiger partial charge in [-0.1, -0.05) is 46.8 Å². The van der Waals surface area contributed by atoms with Crippen molar-refractivity contribution in [2.75, 3.05) is 28.4 Å². The van der Waals surface area contributed by atoms with E-state index in [-0.39, 0.29) is 67.2 Å². The van der Waals surface area contributed by atoms with Gasteiger partial charge in [0, 0.05) is 50.8 Å². The van der Waals surface area contributed by atoms with Crippen molar-refractivity contribution in [1.82, 2.24) is 54.9 Å². The van der Waals surface area contributed by atoms with Crippen LogP contribution in [0, 0.1) is 25.5 Å². The number of amides is 1. The zero-order valence-electron chi connectivity index (χ0n) is 43.2. The number of aryl methyl sites for hydroxylation is 6. The highest BCUT2D eigenvalue weighted by atomic mass is 35.5. The maximum absolute atomic E-state index is 15.2. The lowest BCUT2D eigenvalue weighted by atomic mass is 10.1. The van der Waals surface area contributed by atoms with Crippen LogP contribution in [-0.2, 0) is 74.5 Å². The summed E-state index contributed by atoms with van der Waals surface area (Å²) in [6, 6.07) is 19.5. The van der Waals surface area contributed by atoms with Crippen LogP contribution >= 0.6 is 12.4 Å². The number of carbonyl (C=O) groups excluding carboxylic acids is 1. The van der Waals surface area contributed by atoms with Crippen LogP contribution in [0.1, 0.15) is 101 Å². The molecule has 8 aromatic rings. The van der Waals surface area contributed by atoms with Crippen LogP contribution in [0.3, 0.4) is 0 Å². The smallest absolute Gasteiger partial charge is 0.339 e. The van der Waals surface area contributed by atoms with Crippen LogP contribution in [0.5, 0.6) is 11.5 Å². The number of nitrogens with zero attached hydrogens (tertiary/aromatic N) is 10. The molecule has 0 fully saturated rings. The SMILES string of the molecule is COCc1nn(Cc2ccc3c(c2)CCC3)cc1C(=O)NCc1c(-n2cc(C)nn2)ccc(OC)c1F.COCc1nn(Cc2ccc3c(c2)CCC3)cc1C(=O)O.COc1ccc(-n2cc(C)nn2)c(CN)c1F.Cl. The predicted octanol–water partition coefficient (Wildman–Crippen LogP) is 7.40. The summed E-state index contributed by atoms with van der Waals surface area (Å²) in [6.45, 7) is 5.09. The number of methoxy groups -OCH3 is 4. The molecule has 76 heavy (non-hydrogen) atoms. The normalized spacial score (nSPS) is 12.2. The fourth-order valence-corrected chi connectivity index (χ4v) is 9.24. The first-order chi connectivity index (χ1) is 36.3. The van der Waals surface area contributed by atoms with E-state index in [1.807, 2.05) is 6.92 Å². The van der Waals surface area contributed by atoms with Crippen LogP contribution in [0.25, 0.3) is 11.4 Å². The number of hydrogen-bond donors (Lipinski definition) is 3. The van der Waals surface area contributed by atoms with Gasteiger partial charge >= 0.3 is 5.97 Å². The number of rotatable bonds is 17. The minimum absolute atomic E-state index is 0. The highest BCUT2D eigenvalue weighted by Crippen LogP contribution is 2.29.